The lowest BCUT2D eigenvalue weighted by Crippen LogP contribution is -2.23. The zero-order valence-corrected chi connectivity index (χ0v) is 14.5. The van der Waals surface area contributed by atoms with Gasteiger partial charge in [-0.25, -0.2) is 0 Å². The molecule has 2 heterocycles. The third-order valence-electron chi connectivity index (χ3n) is 5.15. The summed E-state index contributed by atoms with van der Waals surface area (Å²) in [5, 5.41) is 5.68. The van der Waals surface area contributed by atoms with Gasteiger partial charge in [0, 0.05) is 16.8 Å². The summed E-state index contributed by atoms with van der Waals surface area (Å²) >= 11 is 0. The molecule has 4 heteroatoms. The van der Waals surface area contributed by atoms with Crippen molar-refractivity contribution in [3.8, 4) is 0 Å². The number of rotatable bonds is 2. The van der Waals surface area contributed by atoms with Gasteiger partial charge >= 0.3 is 0 Å². The largest absolute Gasteiger partial charge is 0.282 e. The Balaban J connectivity index is 1.81. The van der Waals surface area contributed by atoms with Crippen LogP contribution in [0.3, 0.4) is 0 Å². The highest BCUT2D eigenvalue weighted by Gasteiger charge is 2.26. The number of aryl methyl sites for hydroxylation is 2. The number of para-hydroxylation sites is 1. The minimum absolute atomic E-state index is 0.105. The van der Waals surface area contributed by atoms with E-state index in [0.717, 1.165) is 36.2 Å². The Morgan fingerprint density at radius 3 is 2.83 bits per heavy atom. The molecule has 0 amide bonds. The fraction of sp³-hybridized carbons (Fsp3) is 0.400. The van der Waals surface area contributed by atoms with E-state index in [0.29, 0.717) is 12.5 Å². The van der Waals surface area contributed by atoms with E-state index in [1.165, 1.54) is 16.6 Å². The second-order valence-electron chi connectivity index (χ2n) is 7.10. The molecule has 1 atom stereocenters. The molecule has 0 fully saturated rings. The summed E-state index contributed by atoms with van der Waals surface area (Å²) in [6, 6.07) is 10.3. The Morgan fingerprint density at radius 1 is 1.29 bits per heavy atom. The van der Waals surface area contributed by atoms with E-state index in [1.54, 1.807) is 0 Å². The molecule has 1 aliphatic carbocycles. The van der Waals surface area contributed by atoms with E-state index in [2.05, 4.69) is 30.2 Å². The SMILES string of the molecule is Cc1cc(C)n(CC(=O)n2c3c(c4ccccc42)CC(C)CC3)n1. The molecule has 0 N–H and O–H groups in total. The van der Waals surface area contributed by atoms with Gasteiger partial charge in [0.05, 0.1) is 11.2 Å². The maximum absolute atomic E-state index is 13.1. The molecule has 0 radical (unpaired) electrons. The summed E-state index contributed by atoms with van der Waals surface area (Å²) in [5.74, 6) is 0.788. The van der Waals surface area contributed by atoms with Gasteiger partial charge < -0.3 is 0 Å². The minimum Gasteiger partial charge on any atom is -0.282 e. The number of carbonyl (C=O) groups is 1. The molecule has 0 spiro atoms. The molecule has 0 aliphatic heterocycles. The molecule has 1 aliphatic rings. The third-order valence-corrected chi connectivity index (χ3v) is 5.15. The monoisotopic (exact) mass is 321 g/mol. The quantitative estimate of drug-likeness (QED) is 0.718. The van der Waals surface area contributed by atoms with Gasteiger partial charge in [-0.2, -0.15) is 5.10 Å². The maximum Gasteiger partial charge on any atom is 0.253 e. The lowest BCUT2D eigenvalue weighted by atomic mass is 9.88. The van der Waals surface area contributed by atoms with Gasteiger partial charge in [0.25, 0.3) is 5.91 Å². The van der Waals surface area contributed by atoms with Crippen LogP contribution in [0.25, 0.3) is 10.9 Å². The van der Waals surface area contributed by atoms with E-state index in [4.69, 9.17) is 0 Å². The smallest absolute Gasteiger partial charge is 0.253 e. The molecular weight excluding hydrogens is 298 g/mol. The van der Waals surface area contributed by atoms with Crippen LogP contribution in [0.2, 0.25) is 0 Å². The Labute approximate surface area is 142 Å². The van der Waals surface area contributed by atoms with Crippen molar-refractivity contribution in [2.45, 2.75) is 46.6 Å². The molecule has 0 bridgehead atoms. The zero-order valence-electron chi connectivity index (χ0n) is 14.5. The van der Waals surface area contributed by atoms with Crippen molar-refractivity contribution in [1.29, 1.82) is 0 Å². The second kappa shape index (κ2) is 5.62. The molecule has 1 aromatic carbocycles. The molecule has 4 nitrogen and oxygen atoms in total. The predicted octanol–water partition coefficient (Wildman–Crippen LogP) is 3.92. The lowest BCUT2D eigenvalue weighted by Gasteiger charge is -2.20. The number of benzene rings is 1. The van der Waals surface area contributed by atoms with Crippen molar-refractivity contribution in [3.05, 3.63) is 53.0 Å². The van der Waals surface area contributed by atoms with Gasteiger partial charge in [-0.1, -0.05) is 25.1 Å². The summed E-state index contributed by atoms with van der Waals surface area (Å²) in [5.41, 5.74) is 5.60. The second-order valence-corrected chi connectivity index (χ2v) is 7.10. The number of nitrogens with zero attached hydrogens (tertiary/aromatic N) is 3. The fourth-order valence-corrected chi connectivity index (χ4v) is 4.00. The van der Waals surface area contributed by atoms with Crippen molar-refractivity contribution < 1.29 is 4.79 Å². The summed E-state index contributed by atoms with van der Waals surface area (Å²) in [7, 11) is 0. The van der Waals surface area contributed by atoms with Crippen LogP contribution in [0, 0.1) is 19.8 Å². The van der Waals surface area contributed by atoms with Crippen LogP contribution in [0.1, 0.15) is 40.8 Å². The first-order valence-electron chi connectivity index (χ1n) is 8.70. The predicted molar refractivity (Wildman–Crippen MR) is 95.5 cm³/mol. The van der Waals surface area contributed by atoms with E-state index in [-0.39, 0.29) is 5.91 Å². The Hall–Kier alpha value is -2.36. The van der Waals surface area contributed by atoms with Gasteiger partial charge in [0.15, 0.2) is 0 Å². The summed E-state index contributed by atoms with van der Waals surface area (Å²) in [6.45, 7) is 6.55. The minimum atomic E-state index is 0.105. The first-order valence-corrected chi connectivity index (χ1v) is 8.70. The number of fused-ring (bicyclic) bond motifs is 3. The third kappa shape index (κ3) is 2.37. The highest BCUT2D eigenvalue weighted by molar-refractivity contribution is 5.96. The molecule has 0 saturated carbocycles. The number of aromatic nitrogens is 3. The molecule has 124 valence electrons. The van der Waals surface area contributed by atoms with Crippen LogP contribution in [-0.4, -0.2) is 20.3 Å². The van der Waals surface area contributed by atoms with Crippen LogP contribution >= 0.6 is 0 Å². The van der Waals surface area contributed by atoms with E-state index in [9.17, 15) is 4.79 Å². The van der Waals surface area contributed by atoms with E-state index >= 15 is 0 Å². The average molecular weight is 321 g/mol. The highest BCUT2D eigenvalue weighted by Crippen LogP contribution is 2.34. The first-order chi connectivity index (χ1) is 11.5. The van der Waals surface area contributed by atoms with E-state index in [1.807, 2.05) is 35.2 Å². The topological polar surface area (TPSA) is 39.8 Å². The number of hydrogen-bond acceptors (Lipinski definition) is 2. The van der Waals surface area contributed by atoms with Crippen LogP contribution in [0.15, 0.2) is 30.3 Å². The Bertz CT molecular complexity index is 932. The number of carbonyl (C=O) groups excluding carboxylic acids is 1. The van der Waals surface area contributed by atoms with E-state index < -0.39 is 0 Å². The summed E-state index contributed by atoms with van der Waals surface area (Å²) in [4.78, 5) is 13.1. The Kier molecular flexibility index (Phi) is 3.56. The summed E-state index contributed by atoms with van der Waals surface area (Å²) in [6.07, 6.45) is 3.20. The van der Waals surface area contributed by atoms with Gasteiger partial charge in [0.2, 0.25) is 0 Å². The molecule has 3 aromatic rings. The maximum atomic E-state index is 13.1. The zero-order chi connectivity index (χ0) is 16.8. The van der Waals surface area contributed by atoms with Gasteiger partial charge in [-0.15, -0.1) is 0 Å². The summed E-state index contributed by atoms with van der Waals surface area (Å²) < 4.78 is 3.76. The van der Waals surface area contributed by atoms with Crippen molar-refractivity contribution in [2.75, 3.05) is 0 Å². The van der Waals surface area contributed by atoms with Crippen molar-refractivity contribution in [2.24, 2.45) is 5.92 Å². The van der Waals surface area contributed by atoms with Crippen molar-refractivity contribution in [1.82, 2.24) is 14.3 Å². The van der Waals surface area contributed by atoms with Crippen LogP contribution in [-0.2, 0) is 19.4 Å². The molecule has 1 unspecified atom stereocenters. The van der Waals surface area contributed by atoms with Gasteiger partial charge in [-0.05, 0) is 56.7 Å². The standard InChI is InChI=1S/C20H23N3O/c1-13-8-9-19-17(10-13)16-6-4-5-7-18(16)23(19)20(24)12-22-15(3)11-14(2)21-22/h4-7,11,13H,8-10,12H2,1-3H3. The lowest BCUT2D eigenvalue weighted by molar-refractivity contribution is 0.0886. The molecule has 0 saturated heterocycles. The van der Waals surface area contributed by atoms with Gasteiger partial charge in [0.1, 0.15) is 6.54 Å². The van der Waals surface area contributed by atoms with Gasteiger partial charge in [-0.3, -0.25) is 14.0 Å². The first kappa shape index (κ1) is 15.2. The number of hydrogen-bond donors (Lipinski definition) is 0. The van der Waals surface area contributed by atoms with Crippen molar-refractivity contribution >= 4 is 16.8 Å². The van der Waals surface area contributed by atoms with Crippen LogP contribution < -0.4 is 0 Å². The molecule has 4 rings (SSSR count). The molecule has 2 aromatic heterocycles. The normalized spacial score (nSPS) is 17.2. The fourth-order valence-electron chi connectivity index (χ4n) is 4.00. The molecular formula is C20H23N3O. The Morgan fingerprint density at radius 2 is 2.08 bits per heavy atom. The highest BCUT2D eigenvalue weighted by atomic mass is 16.2. The molecule has 24 heavy (non-hydrogen) atoms. The van der Waals surface area contributed by atoms with Crippen LogP contribution in [0.4, 0.5) is 0 Å². The van der Waals surface area contributed by atoms with Crippen LogP contribution in [0.5, 0.6) is 0 Å². The van der Waals surface area contributed by atoms with Crippen molar-refractivity contribution in [3.63, 3.8) is 0 Å². The average Bonchev–Trinajstić information content (AvgIpc) is 3.04.